The summed E-state index contributed by atoms with van der Waals surface area (Å²) in [6.07, 6.45) is 2.02. The number of aromatic nitrogens is 2. The van der Waals surface area contributed by atoms with Gasteiger partial charge in [0.15, 0.2) is 19.5 Å². The average molecular weight is 653 g/mol. The molecule has 0 aliphatic rings. The van der Waals surface area contributed by atoms with Gasteiger partial charge in [0, 0.05) is 18.9 Å². The molecule has 12 heteroatoms. The monoisotopic (exact) mass is 652 g/mol. The Bertz CT molecular complexity index is 2070. The smallest absolute Gasteiger partial charge is 0.359 e. The van der Waals surface area contributed by atoms with Crippen LogP contribution in [-0.4, -0.2) is 34.1 Å². The van der Waals surface area contributed by atoms with Crippen LogP contribution in [0.1, 0.15) is 30.2 Å². The van der Waals surface area contributed by atoms with E-state index in [1.165, 1.54) is 0 Å². The fraction of sp³-hybridized carbons (Fsp3) is 0.250. The van der Waals surface area contributed by atoms with Gasteiger partial charge in [0.2, 0.25) is 11.1 Å². The van der Waals surface area contributed by atoms with Crippen LogP contribution in [0.5, 0.6) is 0 Å². The van der Waals surface area contributed by atoms with Gasteiger partial charge in [0.25, 0.3) is 20.6 Å². The van der Waals surface area contributed by atoms with E-state index in [0.717, 1.165) is 54.1 Å². The van der Waals surface area contributed by atoms with E-state index in [9.17, 15) is 17.2 Å². The Balaban J connectivity index is 1.42. The lowest BCUT2D eigenvalue weighted by Gasteiger charge is -2.02. The van der Waals surface area contributed by atoms with Gasteiger partial charge in [-0.25, -0.2) is 0 Å². The molecule has 2 N–H and O–H groups in total. The standard InChI is InChI=1S/C32H30N2O7S3/c35-43(36)40-19-7-6-17-33-27-21-25(23-9-2-1-3-10-23)13-15-28(27)41-30(33)22-31-34(18-8-20-44(37,38)39)32-26-12-5-4-11-24(26)14-16-29(32)42-31/h1-5,9-16,21H,6-8,17-20,22H2/p+2. The van der Waals surface area contributed by atoms with Crippen molar-refractivity contribution in [3.8, 4) is 11.1 Å². The highest BCUT2D eigenvalue weighted by atomic mass is 32.2. The number of nitrogens with zero attached hydrogens (tertiary/aromatic N) is 2. The van der Waals surface area contributed by atoms with Crippen LogP contribution in [-0.2, 0) is 45.2 Å². The van der Waals surface area contributed by atoms with Crippen LogP contribution >= 0.6 is 11.3 Å². The second-order valence-corrected chi connectivity index (χ2v) is 13.9. The van der Waals surface area contributed by atoms with Crippen LogP contribution < -0.4 is 9.13 Å². The highest BCUT2D eigenvalue weighted by Gasteiger charge is 2.30. The van der Waals surface area contributed by atoms with Gasteiger partial charge in [-0.05, 0) is 41.1 Å². The summed E-state index contributed by atoms with van der Waals surface area (Å²) in [4.78, 5) is 0. The van der Waals surface area contributed by atoms with E-state index in [0.29, 0.717) is 32.4 Å². The first kappa shape index (κ1) is 30.5. The van der Waals surface area contributed by atoms with Gasteiger partial charge in [0.1, 0.15) is 4.70 Å². The molecule has 0 radical (unpaired) electrons. The molecule has 2 heterocycles. The number of rotatable bonds is 13. The number of aryl methyl sites for hydroxylation is 2. The Labute approximate surface area is 261 Å². The van der Waals surface area contributed by atoms with E-state index >= 15 is 0 Å². The molecule has 0 aliphatic carbocycles. The molecule has 1 atom stereocenters. The van der Waals surface area contributed by atoms with Gasteiger partial charge >= 0.3 is 17.3 Å². The lowest BCUT2D eigenvalue weighted by Crippen LogP contribution is -2.41. The Kier molecular flexibility index (Phi) is 9.17. The lowest BCUT2D eigenvalue weighted by molar-refractivity contribution is -0.692. The summed E-state index contributed by atoms with van der Waals surface area (Å²) in [6.45, 7) is 1.19. The molecule has 2 aromatic heterocycles. The zero-order valence-corrected chi connectivity index (χ0v) is 26.2. The van der Waals surface area contributed by atoms with Crippen molar-refractivity contribution in [2.45, 2.75) is 38.8 Å². The zero-order valence-electron chi connectivity index (χ0n) is 23.8. The molecule has 0 saturated carbocycles. The molecule has 4 aromatic carbocycles. The molecule has 9 nitrogen and oxygen atoms in total. The van der Waals surface area contributed by atoms with E-state index in [1.807, 2.05) is 42.5 Å². The number of thiazole rings is 1. The van der Waals surface area contributed by atoms with Gasteiger partial charge in [0.05, 0.1) is 17.7 Å². The van der Waals surface area contributed by atoms with E-state index < -0.39 is 21.5 Å². The minimum Gasteiger partial charge on any atom is -0.401 e. The molecule has 0 saturated heterocycles. The Hall–Kier alpha value is -3.52. The molecule has 6 rings (SSSR count). The van der Waals surface area contributed by atoms with E-state index in [4.69, 9.17) is 13.2 Å². The fourth-order valence-electron chi connectivity index (χ4n) is 5.63. The average Bonchev–Trinajstić information content (AvgIpc) is 3.53. The van der Waals surface area contributed by atoms with Crippen LogP contribution in [0, 0.1) is 0 Å². The Morgan fingerprint density at radius 2 is 1.64 bits per heavy atom. The van der Waals surface area contributed by atoms with Crippen LogP contribution in [0.15, 0.2) is 89.3 Å². The third-order valence-corrected chi connectivity index (χ3v) is 9.92. The van der Waals surface area contributed by atoms with E-state index in [2.05, 4.69) is 51.6 Å². The first-order valence-corrected chi connectivity index (χ1v) is 17.8. The molecule has 0 amide bonds. The van der Waals surface area contributed by atoms with Crippen molar-refractivity contribution in [1.29, 1.82) is 0 Å². The van der Waals surface area contributed by atoms with E-state index in [-0.39, 0.29) is 18.8 Å². The molecular formula is C32H32N2O7S3+2. The van der Waals surface area contributed by atoms with Gasteiger partial charge in [-0.3, -0.25) is 13.3 Å². The third-order valence-electron chi connectivity index (χ3n) is 7.59. The van der Waals surface area contributed by atoms with Crippen LogP contribution in [0.2, 0.25) is 0 Å². The predicted octanol–water partition coefficient (Wildman–Crippen LogP) is 5.84. The predicted molar refractivity (Wildman–Crippen MR) is 171 cm³/mol. The van der Waals surface area contributed by atoms with Crippen LogP contribution in [0.25, 0.3) is 43.2 Å². The lowest BCUT2D eigenvalue weighted by atomic mass is 10.1. The number of unbranched alkanes of at least 4 members (excludes halogenated alkanes) is 1. The summed E-state index contributed by atoms with van der Waals surface area (Å²) in [6, 6.07) is 28.6. The number of oxazole rings is 1. The fourth-order valence-corrected chi connectivity index (χ4v) is 7.57. The first-order valence-electron chi connectivity index (χ1n) is 14.3. The maximum atomic E-state index is 11.6. The van der Waals surface area contributed by atoms with E-state index in [1.54, 1.807) is 11.3 Å². The highest BCUT2D eigenvalue weighted by molar-refractivity contribution is 7.85. The zero-order chi connectivity index (χ0) is 30.7. The first-order chi connectivity index (χ1) is 21.3. The Morgan fingerprint density at radius 1 is 0.864 bits per heavy atom. The number of hydrogen-bond acceptors (Lipinski definition) is 6. The van der Waals surface area contributed by atoms with Gasteiger partial charge < -0.3 is 4.42 Å². The summed E-state index contributed by atoms with van der Waals surface area (Å²) in [5.41, 5.74) is 4.87. The van der Waals surface area contributed by atoms with Crippen molar-refractivity contribution in [3.63, 3.8) is 0 Å². The summed E-state index contributed by atoms with van der Waals surface area (Å²) >= 11 is -0.651. The molecule has 44 heavy (non-hydrogen) atoms. The molecule has 0 aliphatic heterocycles. The van der Waals surface area contributed by atoms with Crippen LogP contribution in [0.4, 0.5) is 0 Å². The van der Waals surface area contributed by atoms with Crippen molar-refractivity contribution in [2.24, 2.45) is 0 Å². The second-order valence-electron chi connectivity index (χ2n) is 10.5. The normalized spacial score (nSPS) is 12.9. The van der Waals surface area contributed by atoms with Crippen LogP contribution in [0.3, 0.4) is 0 Å². The number of fused-ring (bicyclic) bond motifs is 4. The molecule has 1 unspecified atom stereocenters. The van der Waals surface area contributed by atoms with Crippen molar-refractivity contribution in [3.05, 3.63) is 95.8 Å². The van der Waals surface area contributed by atoms with Crippen molar-refractivity contribution in [1.82, 2.24) is 0 Å². The highest BCUT2D eigenvalue weighted by Crippen LogP contribution is 2.30. The molecule has 228 valence electrons. The summed E-state index contributed by atoms with van der Waals surface area (Å²) < 4.78 is 69.1. The number of benzene rings is 4. The maximum absolute atomic E-state index is 11.6. The summed E-state index contributed by atoms with van der Waals surface area (Å²) in [5.74, 6) is 0.422. The maximum Gasteiger partial charge on any atom is 0.359 e. The molecule has 0 spiro atoms. The minimum absolute atomic E-state index is 0.168. The Morgan fingerprint density at radius 3 is 2.43 bits per heavy atom. The van der Waals surface area contributed by atoms with Gasteiger partial charge in [-0.1, -0.05) is 72.0 Å². The third kappa shape index (κ3) is 6.90. The SMILES string of the molecule is O=S(O)OCCCC[n+]1c(Cc2sc3ccc4ccccc4c3[n+]2CCCS(=O)(=O)O)oc2ccc(-c3ccccc3)cc21. The molecule has 0 fully saturated rings. The minimum atomic E-state index is -4.09. The topological polar surface area (TPSA) is 122 Å². The van der Waals surface area contributed by atoms with Gasteiger partial charge in [-0.15, -0.1) is 0 Å². The largest absolute Gasteiger partial charge is 0.401 e. The van der Waals surface area contributed by atoms with Gasteiger partial charge in [-0.2, -0.15) is 21.8 Å². The second kappa shape index (κ2) is 13.2. The molecular weight excluding hydrogens is 621 g/mol. The summed E-state index contributed by atoms with van der Waals surface area (Å²) in [7, 11) is -4.09. The van der Waals surface area contributed by atoms with Crippen molar-refractivity contribution >= 4 is 64.9 Å². The molecule has 6 aromatic rings. The van der Waals surface area contributed by atoms with Crippen molar-refractivity contribution in [2.75, 3.05) is 12.4 Å². The summed E-state index contributed by atoms with van der Waals surface area (Å²) in [5, 5.41) is 3.17. The van der Waals surface area contributed by atoms with Crippen molar-refractivity contribution < 1.29 is 39.5 Å². The molecule has 0 bridgehead atoms. The quantitative estimate of drug-likeness (QED) is 0.0695. The number of hydrogen-bond donors (Lipinski definition) is 2.